The average molecular weight is 220 g/mol. The van der Waals surface area contributed by atoms with E-state index in [9.17, 15) is 0 Å². The molecule has 4 heteroatoms. The van der Waals surface area contributed by atoms with Gasteiger partial charge in [0.25, 0.3) is 0 Å². The topological polar surface area (TPSA) is 49.7 Å². The average Bonchev–Trinajstić information content (AvgIpc) is 2.30. The summed E-state index contributed by atoms with van der Waals surface area (Å²) in [6.45, 7) is 0. The van der Waals surface area contributed by atoms with E-state index in [-0.39, 0.29) is 0 Å². The Morgan fingerprint density at radius 3 is 2.19 bits per heavy atom. The first-order valence-corrected chi connectivity index (χ1v) is 5.88. The van der Waals surface area contributed by atoms with E-state index in [1.165, 1.54) is 37.7 Å². The van der Waals surface area contributed by atoms with Crippen molar-refractivity contribution in [2.45, 2.75) is 38.0 Å². The molecule has 86 valence electrons. The molecule has 1 aliphatic rings. The summed E-state index contributed by atoms with van der Waals surface area (Å²) < 4.78 is 4.77. The van der Waals surface area contributed by atoms with Crippen molar-refractivity contribution in [2.75, 3.05) is 0 Å². The van der Waals surface area contributed by atoms with Gasteiger partial charge >= 0.3 is 7.32 Å². The Morgan fingerprint density at radius 2 is 1.62 bits per heavy atom. The third-order valence-electron chi connectivity index (χ3n) is 3.20. The molecule has 0 aromatic heterocycles. The lowest BCUT2D eigenvalue weighted by atomic mass is 9.84. The second kappa shape index (κ2) is 5.37. The molecule has 0 saturated heterocycles. The van der Waals surface area contributed by atoms with Crippen LogP contribution in [0.4, 0.5) is 0 Å². The van der Waals surface area contributed by atoms with Crippen LogP contribution >= 0.6 is 0 Å². The third-order valence-corrected chi connectivity index (χ3v) is 3.20. The van der Waals surface area contributed by atoms with Gasteiger partial charge in [0.15, 0.2) is 0 Å². The van der Waals surface area contributed by atoms with Crippen LogP contribution in [0.3, 0.4) is 0 Å². The molecule has 16 heavy (non-hydrogen) atoms. The summed E-state index contributed by atoms with van der Waals surface area (Å²) in [6, 6.07) is 7.63. The van der Waals surface area contributed by atoms with Crippen LogP contribution in [0.5, 0.6) is 5.75 Å². The van der Waals surface area contributed by atoms with Gasteiger partial charge in [-0.1, -0.05) is 31.4 Å². The van der Waals surface area contributed by atoms with Crippen LogP contribution in [0.1, 0.15) is 43.6 Å². The van der Waals surface area contributed by atoms with Crippen LogP contribution < -0.4 is 4.65 Å². The molecular formula is C12H17BO3. The van der Waals surface area contributed by atoms with E-state index in [2.05, 4.69) is 0 Å². The molecule has 2 rings (SSSR count). The molecule has 2 N–H and O–H groups in total. The molecule has 0 bridgehead atoms. The van der Waals surface area contributed by atoms with Crippen molar-refractivity contribution in [1.29, 1.82) is 0 Å². The highest BCUT2D eigenvalue weighted by molar-refractivity contribution is 6.33. The molecule has 0 atom stereocenters. The summed E-state index contributed by atoms with van der Waals surface area (Å²) in [6.07, 6.45) is 6.52. The third kappa shape index (κ3) is 3.00. The van der Waals surface area contributed by atoms with Crippen molar-refractivity contribution in [3.05, 3.63) is 29.8 Å². The fourth-order valence-corrected chi connectivity index (χ4v) is 2.38. The minimum Gasteiger partial charge on any atom is -0.512 e. The Balaban J connectivity index is 2.00. The van der Waals surface area contributed by atoms with Crippen LogP contribution in [0.25, 0.3) is 0 Å². The van der Waals surface area contributed by atoms with Crippen molar-refractivity contribution in [1.82, 2.24) is 0 Å². The molecular weight excluding hydrogens is 203 g/mol. The summed E-state index contributed by atoms with van der Waals surface area (Å²) in [7, 11) is -1.74. The van der Waals surface area contributed by atoms with Gasteiger partial charge in [0, 0.05) is 0 Å². The predicted octanol–water partition coefficient (Wildman–Crippen LogP) is 2.08. The van der Waals surface area contributed by atoms with Crippen LogP contribution in [0.2, 0.25) is 0 Å². The van der Waals surface area contributed by atoms with E-state index in [0.717, 1.165) is 0 Å². The van der Waals surface area contributed by atoms with Crippen LogP contribution in [-0.2, 0) is 0 Å². The van der Waals surface area contributed by atoms with Crippen LogP contribution in [0, 0.1) is 0 Å². The van der Waals surface area contributed by atoms with E-state index in [4.69, 9.17) is 14.7 Å². The van der Waals surface area contributed by atoms with E-state index < -0.39 is 7.32 Å². The van der Waals surface area contributed by atoms with Gasteiger partial charge in [0.2, 0.25) is 0 Å². The highest BCUT2D eigenvalue weighted by Gasteiger charge is 2.16. The Morgan fingerprint density at radius 1 is 1.00 bits per heavy atom. The lowest BCUT2D eigenvalue weighted by molar-refractivity contribution is 0.288. The summed E-state index contributed by atoms with van der Waals surface area (Å²) in [5.41, 5.74) is 1.33. The normalized spacial score (nSPS) is 17.1. The molecule has 0 spiro atoms. The molecule has 3 nitrogen and oxygen atoms in total. The minimum atomic E-state index is -1.74. The molecule has 1 aromatic rings. The monoisotopic (exact) mass is 220 g/mol. The first kappa shape index (κ1) is 11.5. The zero-order valence-corrected chi connectivity index (χ0v) is 9.30. The van der Waals surface area contributed by atoms with Crippen LogP contribution in [-0.4, -0.2) is 17.4 Å². The second-order valence-corrected chi connectivity index (χ2v) is 4.35. The highest BCUT2D eigenvalue weighted by atomic mass is 16.6. The van der Waals surface area contributed by atoms with Gasteiger partial charge in [-0.2, -0.15) is 0 Å². The first-order chi connectivity index (χ1) is 7.75. The Hall–Kier alpha value is -0.995. The molecule has 1 fully saturated rings. The Bertz CT molecular complexity index is 318. The lowest BCUT2D eigenvalue weighted by Gasteiger charge is -2.22. The number of hydrogen-bond acceptors (Lipinski definition) is 3. The van der Waals surface area contributed by atoms with Gasteiger partial charge in [0.1, 0.15) is 5.75 Å². The summed E-state index contributed by atoms with van der Waals surface area (Å²) in [5.74, 6) is 1.16. The summed E-state index contributed by atoms with van der Waals surface area (Å²) in [5, 5.41) is 17.3. The summed E-state index contributed by atoms with van der Waals surface area (Å²) in [4.78, 5) is 0. The predicted molar refractivity (Wildman–Crippen MR) is 63.1 cm³/mol. The maximum atomic E-state index is 8.66. The number of rotatable bonds is 3. The van der Waals surface area contributed by atoms with Crippen molar-refractivity contribution >= 4 is 7.32 Å². The molecule has 1 saturated carbocycles. The summed E-state index contributed by atoms with van der Waals surface area (Å²) >= 11 is 0. The molecule has 0 aliphatic heterocycles. The molecule has 0 heterocycles. The van der Waals surface area contributed by atoms with Crippen molar-refractivity contribution in [3.63, 3.8) is 0 Å². The molecule has 0 unspecified atom stereocenters. The first-order valence-electron chi connectivity index (χ1n) is 5.88. The van der Waals surface area contributed by atoms with Gasteiger partial charge < -0.3 is 14.7 Å². The van der Waals surface area contributed by atoms with Crippen molar-refractivity contribution in [2.24, 2.45) is 0 Å². The smallest absolute Gasteiger partial charge is 0.512 e. The van der Waals surface area contributed by atoms with Crippen LogP contribution in [0.15, 0.2) is 24.3 Å². The lowest BCUT2D eigenvalue weighted by Crippen LogP contribution is -2.20. The van der Waals surface area contributed by atoms with Gasteiger partial charge in [-0.05, 0) is 36.5 Å². The van der Waals surface area contributed by atoms with Gasteiger partial charge in [0.05, 0.1) is 0 Å². The van der Waals surface area contributed by atoms with Crippen molar-refractivity contribution < 1.29 is 14.7 Å². The largest absolute Gasteiger partial charge is 0.707 e. The zero-order valence-electron chi connectivity index (χ0n) is 9.30. The van der Waals surface area contributed by atoms with E-state index in [1.54, 1.807) is 12.1 Å². The van der Waals surface area contributed by atoms with Gasteiger partial charge in [-0.25, -0.2) is 0 Å². The maximum absolute atomic E-state index is 8.66. The van der Waals surface area contributed by atoms with Gasteiger partial charge in [-0.3, -0.25) is 0 Å². The van der Waals surface area contributed by atoms with Crippen molar-refractivity contribution in [3.8, 4) is 5.75 Å². The zero-order chi connectivity index (χ0) is 11.4. The quantitative estimate of drug-likeness (QED) is 0.766. The molecule has 0 amide bonds. The molecule has 1 aliphatic carbocycles. The standard InChI is InChI=1S/C12H17BO3/c14-13(15)16-12-8-6-11(7-9-12)10-4-2-1-3-5-10/h6-10,14-15H,1-5H2. The molecule has 1 aromatic carbocycles. The number of benzene rings is 1. The fraction of sp³-hybridized carbons (Fsp3) is 0.500. The van der Waals surface area contributed by atoms with E-state index in [1.807, 2.05) is 12.1 Å². The number of hydrogen-bond donors (Lipinski definition) is 2. The maximum Gasteiger partial charge on any atom is 0.707 e. The second-order valence-electron chi connectivity index (χ2n) is 4.35. The van der Waals surface area contributed by atoms with E-state index in [0.29, 0.717) is 11.7 Å². The molecule has 0 radical (unpaired) electrons. The van der Waals surface area contributed by atoms with E-state index >= 15 is 0 Å². The highest BCUT2D eigenvalue weighted by Crippen LogP contribution is 2.33. The fourth-order valence-electron chi connectivity index (χ4n) is 2.38. The Labute approximate surface area is 96.2 Å². The van der Waals surface area contributed by atoms with Gasteiger partial charge in [-0.15, -0.1) is 0 Å². The SMILES string of the molecule is OB(O)Oc1ccc(C2CCCCC2)cc1. The Kier molecular flexibility index (Phi) is 3.85. The minimum absolute atomic E-state index is 0.495.